The molecule has 3 aliphatic rings. The number of carbonyl (C=O) groups is 1. The van der Waals surface area contributed by atoms with E-state index in [2.05, 4.69) is 10.6 Å². The molecule has 4 unspecified atom stereocenters. The number of piperidine rings is 1. The van der Waals surface area contributed by atoms with Crippen molar-refractivity contribution < 1.29 is 24.9 Å². The van der Waals surface area contributed by atoms with E-state index in [1.165, 1.54) is 37.4 Å². The lowest BCUT2D eigenvalue weighted by molar-refractivity contribution is -0.205. The molecular formula is C20H35ClN2O5S. The van der Waals surface area contributed by atoms with Crippen molar-refractivity contribution in [1.82, 2.24) is 10.6 Å². The minimum Gasteiger partial charge on any atom is -0.388 e. The summed E-state index contributed by atoms with van der Waals surface area (Å²) >= 11 is 7.59. The Morgan fingerprint density at radius 3 is 2.52 bits per heavy atom. The van der Waals surface area contributed by atoms with E-state index >= 15 is 0 Å². The molecule has 0 radical (unpaired) electrons. The van der Waals surface area contributed by atoms with Crippen LogP contribution >= 0.6 is 23.4 Å². The van der Waals surface area contributed by atoms with Crippen LogP contribution in [0.1, 0.15) is 45.4 Å². The molecular weight excluding hydrogens is 416 g/mol. The average Bonchev–Trinajstić information content (AvgIpc) is 2.68. The number of amides is 1. The third-order valence-corrected chi connectivity index (χ3v) is 7.84. The van der Waals surface area contributed by atoms with Gasteiger partial charge in [0.05, 0.1) is 17.5 Å². The molecule has 7 nitrogen and oxygen atoms in total. The number of aliphatic hydroxyl groups excluding tert-OH is 3. The van der Waals surface area contributed by atoms with Gasteiger partial charge in [0.1, 0.15) is 29.9 Å². The Morgan fingerprint density at radius 2 is 1.93 bits per heavy atom. The van der Waals surface area contributed by atoms with Crippen LogP contribution in [0.15, 0.2) is 0 Å². The number of aliphatic hydroxyl groups is 3. The first kappa shape index (κ1) is 23.6. The predicted octanol–water partition coefficient (Wildman–Crippen LogP) is 0.827. The quantitative estimate of drug-likeness (QED) is 0.365. The second-order valence-corrected chi connectivity index (χ2v) is 10.4. The first-order chi connectivity index (χ1) is 13.8. The smallest absolute Gasteiger partial charge is 0.237 e. The summed E-state index contributed by atoms with van der Waals surface area (Å²) in [5, 5.41) is 36.5. The van der Waals surface area contributed by atoms with E-state index in [1.54, 1.807) is 13.2 Å². The maximum absolute atomic E-state index is 13.0. The van der Waals surface area contributed by atoms with Gasteiger partial charge in [-0.2, -0.15) is 0 Å². The Kier molecular flexibility index (Phi) is 8.52. The lowest BCUT2D eigenvalue weighted by Gasteiger charge is -2.44. The van der Waals surface area contributed by atoms with E-state index < -0.39 is 41.3 Å². The fraction of sp³-hybridized carbons (Fsp3) is 0.950. The highest BCUT2D eigenvalue weighted by Gasteiger charge is 2.48. The SMILES string of the molecule is CS[C@H]1O[C@H](C(NC(=O)C2CC(CC3CCC3)CCN2)C(C)Cl)[C@H](O)[C@H](O)[C@H]1O. The molecule has 0 aromatic carbocycles. The highest BCUT2D eigenvalue weighted by Crippen LogP contribution is 2.35. The maximum atomic E-state index is 13.0. The van der Waals surface area contributed by atoms with E-state index in [-0.39, 0.29) is 11.9 Å². The van der Waals surface area contributed by atoms with Gasteiger partial charge in [-0.15, -0.1) is 23.4 Å². The highest BCUT2D eigenvalue weighted by atomic mass is 35.5. The van der Waals surface area contributed by atoms with E-state index in [9.17, 15) is 20.1 Å². The van der Waals surface area contributed by atoms with Crippen LogP contribution in [0.3, 0.4) is 0 Å². The molecule has 1 amide bonds. The normalized spacial score (nSPS) is 40.7. The Bertz CT molecular complexity index is 551. The molecule has 2 heterocycles. The molecule has 0 bridgehead atoms. The first-order valence-electron chi connectivity index (χ1n) is 10.7. The van der Waals surface area contributed by atoms with Gasteiger partial charge < -0.3 is 30.7 Å². The van der Waals surface area contributed by atoms with Crippen LogP contribution in [-0.4, -0.2) is 81.3 Å². The van der Waals surface area contributed by atoms with Gasteiger partial charge in [0.2, 0.25) is 5.91 Å². The van der Waals surface area contributed by atoms with Crippen LogP contribution in [0.4, 0.5) is 0 Å². The minimum atomic E-state index is -1.36. The van der Waals surface area contributed by atoms with Crippen LogP contribution < -0.4 is 10.6 Å². The van der Waals surface area contributed by atoms with Gasteiger partial charge in [-0.05, 0) is 50.8 Å². The van der Waals surface area contributed by atoms with Crippen LogP contribution in [-0.2, 0) is 9.53 Å². The zero-order valence-corrected chi connectivity index (χ0v) is 18.7. The monoisotopic (exact) mass is 450 g/mol. The largest absolute Gasteiger partial charge is 0.388 e. The standard InChI is InChI=1S/C20H35ClN2O5S/c1-10(21)14(18-16(25)15(24)17(26)20(28-18)29-2)23-19(27)13-9-12(6-7-22-13)8-11-4-3-5-11/h10-18,20,22,24-26H,3-9H2,1-2H3,(H,23,27)/t10?,12?,13?,14?,15-,16+,17+,18+,20+/m0/s1. The van der Waals surface area contributed by atoms with E-state index in [0.717, 1.165) is 25.3 Å². The number of ether oxygens (including phenoxy) is 1. The maximum Gasteiger partial charge on any atom is 0.237 e. The minimum absolute atomic E-state index is 0.155. The number of thioether (sulfide) groups is 1. The molecule has 9 heteroatoms. The fourth-order valence-electron chi connectivity index (χ4n) is 4.70. The van der Waals surface area contributed by atoms with Crippen molar-refractivity contribution >= 4 is 29.3 Å². The highest BCUT2D eigenvalue weighted by molar-refractivity contribution is 7.99. The molecule has 2 saturated heterocycles. The van der Waals surface area contributed by atoms with Gasteiger partial charge in [-0.25, -0.2) is 0 Å². The summed E-state index contributed by atoms with van der Waals surface area (Å²) in [5.74, 6) is 1.22. The third kappa shape index (κ3) is 5.59. The summed E-state index contributed by atoms with van der Waals surface area (Å²) in [6.07, 6.45) is 3.99. The van der Waals surface area contributed by atoms with Crippen molar-refractivity contribution in [2.45, 2.75) is 92.8 Å². The summed E-state index contributed by atoms with van der Waals surface area (Å²) in [4.78, 5) is 13.0. The number of hydrogen-bond acceptors (Lipinski definition) is 7. The molecule has 3 rings (SSSR count). The molecule has 3 fully saturated rings. The Hall–Kier alpha value is -0.0900. The van der Waals surface area contributed by atoms with Crippen molar-refractivity contribution in [3.8, 4) is 0 Å². The molecule has 0 aromatic rings. The zero-order chi connectivity index (χ0) is 21.1. The van der Waals surface area contributed by atoms with Crippen LogP contribution in [0.2, 0.25) is 0 Å². The zero-order valence-electron chi connectivity index (χ0n) is 17.2. The number of halogens is 1. The topological polar surface area (TPSA) is 111 Å². The van der Waals surface area contributed by atoms with Gasteiger partial charge >= 0.3 is 0 Å². The van der Waals surface area contributed by atoms with Crippen LogP contribution in [0.25, 0.3) is 0 Å². The summed E-state index contributed by atoms with van der Waals surface area (Å²) in [5.41, 5.74) is -0.701. The van der Waals surface area contributed by atoms with Crippen LogP contribution in [0, 0.1) is 11.8 Å². The van der Waals surface area contributed by atoms with Gasteiger partial charge in [0, 0.05) is 0 Å². The third-order valence-electron chi connectivity index (χ3n) is 6.72. The Balaban J connectivity index is 1.62. The summed E-state index contributed by atoms with van der Waals surface area (Å²) in [6.45, 7) is 2.54. The summed E-state index contributed by atoms with van der Waals surface area (Å²) in [6, 6.07) is -0.982. The van der Waals surface area contributed by atoms with Crippen molar-refractivity contribution in [3.63, 3.8) is 0 Å². The first-order valence-corrected chi connectivity index (χ1v) is 12.4. The number of rotatable bonds is 7. The summed E-state index contributed by atoms with van der Waals surface area (Å²) < 4.78 is 5.82. The van der Waals surface area contributed by atoms with Crippen molar-refractivity contribution in [3.05, 3.63) is 0 Å². The number of nitrogens with one attached hydrogen (secondary N) is 2. The van der Waals surface area contributed by atoms with Gasteiger partial charge in [-0.3, -0.25) is 4.79 Å². The molecule has 1 saturated carbocycles. The second kappa shape index (κ2) is 10.5. The fourth-order valence-corrected chi connectivity index (χ4v) is 5.58. The number of hydrogen-bond donors (Lipinski definition) is 5. The number of carbonyl (C=O) groups excluding carboxylic acids is 1. The lowest BCUT2D eigenvalue weighted by atomic mass is 9.75. The lowest BCUT2D eigenvalue weighted by Crippen LogP contribution is -2.65. The van der Waals surface area contributed by atoms with E-state index in [1.807, 2.05) is 0 Å². The Morgan fingerprint density at radius 1 is 1.21 bits per heavy atom. The molecule has 9 atom stereocenters. The molecule has 0 aromatic heterocycles. The van der Waals surface area contributed by atoms with E-state index in [4.69, 9.17) is 16.3 Å². The molecule has 29 heavy (non-hydrogen) atoms. The average molecular weight is 451 g/mol. The molecule has 0 spiro atoms. The number of alkyl halides is 1. The molecule has 168 valence electrons. The van der Waals surface area contributed by atoms with Gasteiger partial charge in [0.15, 0.2) is 0 Å². The van der Waals surface area contributed by atoms with Crippen molar-refractivity contribution in [2.24, 2.45) is 11.8 Å². The van der Waals surface area contributed by atoms with Crippen LogP contribution in [0.5, 0.6) is 0 Å². The molecule has 1 aliphatic carbocycles. The summed E-state index contributed by atoms with van der Waals surface area (Å²) in [7, 11) is 0. The molecule has 5 N–H and O–H groups in total. The Labute approximate surface area is 182 Å². The molecule has 2 aliphatic heterocycles. The van der Waals surface area contributed by atoms with Crippen molar-refractivity contribution in [1.29, 1.82) is 0 Å². The van der Waals surface area contributed by atoms with Crippen molar-refractivity contribution in [2.75, 3.05) is 12.8 Å². The second-order valence-electron chi connectivity index (χ2n) is 8.82. The van der Waals surface area contributed by atoms with Gasteiger partial charge in [0.25, 0.3) is 0 Å². The predicted molar refractivity (Wildman–Crippen MR) is 114 cm³/mol. The van der Waals surface area contributed by atoms with Gasteiger partial charge in [-0.1, -0.05) is 19.3 Å². The van der Waals surface area contributed by atoms with E-state index in [0.29, 0.717) is 5.92 Å².